The lowest BCUT2D eigenvalue weighted by atomic mass is 10.1. The second-order valence-electron chi connectivity index (χ2n) is 5.78. The number of carbonyl (C=O) groups excluding carboxylic acids is 1. The van der Waals surface area contributed by atoms with Crippen molar-refractivity contribution in [2.75, 3.05) is 12.8 Å². The summed E-state index contributed by atoms with van der Waals surface area (Å²) in [5.74, 6) is 0. The van der Waals surface area contributed by atoms with Crippen molar-refractivity contribution in [2.24, 2.45) is 5.73 Å². The number of rotatable bonds is 4. The Kier molecular flexibility index (Phi) is 5.36. The van der Waals surface area contributed by atoms with Crippen molar-refractivity contribution in [3.63, 3.8) is 0 Å². The average molecular weight is 314 g/mol. The van der Waals surface area contributed by atoms with Gasteiger partial charge in [-0.15, -0.1) is 0 Å². The van der Waals surface area contributed by atoms with Crippen molar-refractivity contribution in [3.8, 4) is 0 Å². The minimum absolute atomic E-state index is 0.131. The van der Waals surface area contributed by atoms with E-state index in [1.807, 2.05) is 0 Å². The standard InChI is InChI=1S/C14H22N2O4S/c1-14(2,3)20-13(17)16-12(9-15)10-6-5-7-11(8-10)21(4,18)19/h5-8,12H,9,15H2,1-4H3,(H,16,17). The molecule has 0 radical (unpaired) electrons. The first kappa shape index (κ1) is 17.5. The number of alkyl carbamates (subject to hydrolysis) is 1. The fourth-order valence-corrected chi connectivity index (χ4v) is 2.37. The van der Waals surface area contributed by atoms with Gasteiger partial charge in [0, 0.05) is 12.8 Å². The Bertz CT molecular complexity index is 606. The summed E-state index contributed by atoms with van der Waals surface area (Å²) >= 11 is 0. The number of nitrogens with one attached hydrogen (secondary N) is 1. The van der Waals surface area contributed by atoms with Crippen LogP contribution < -0.4 is 11.1 Å². The highest BCUT2D eigenvalue weighted by Crippen LogP contribution is 2.18. The lowest BCUT2D eigenvalue weighted by Gasteiger charge is -2.23. The maximum atomic E-state index is 11.8. The molecule has 0 heterocycles. The van der Waals surface area contributed by atoms with Gasteiger partial charge in [-0.25, -0.2) is 13.2 Å². The summed E-state index contributed by atoms with van der Waals surface area (Å²) in [5, 5.41) is 2.64. The van der Waals surface area contributed by atoms with Crippen LogP contribution in [0.15, 0.2) is 29.2 Å². The van der Waals surface area contributed by atoms with E-state index in [1.54, 1.807) is 32.9 Å². The van der Waals surface area contributed by atoms with Crippen LogP contribution in [0.5, 0.6) is 0 Å². The molecule has 1 unspecified atom stereocenters. The molecule has 1 amide bonds. The van der Waals surface area contributed by atoms with Crippen molar-refractivity contribution in [2.45, 2.75) is 37.3 Å². The van der Waals surface area contributed by atoms with Crippen LogP contribution in [0.1, 0.15) is 32.4 Å². The lowest BCUT2D eigenvalue weighted by molar-refractivity contribution is 0.0505. The van der Waals surface area contributed by atoms with Crippen molar-refractivity contribution in [1.82, 2.24) is 5.32 Å². The van der Waals surface area contributed by atoms with Crippen LogP contribution in [-0.4, -0.2) is 32.9 Å². The predicted molar refractivity (Wildman–Crippen MR) is 80.7 cm³/mol. The Morgan fingerprint density at radius 1 is 1.38 bits per heavy atom. The van der Waals surface area contributed by atoms with E-state index in [9.17, 15) is 13.2 Å². The van der Waals surface area contributed by atoms with Crippen molar-refractivity contribution >= 4 is 15.9 Å². The number of sulfone groups is 1. The molecule has 0 fully saturated rings. The van der Waals surface area contributed by atoms with Crippen LogP contribution in [0.25, 0.3) is 0 Å². The molecule has 0 aliphatic heterocycles. The molecule has 1 aromatic carbocycles. The second kappa shape index (κ2) is 6.44. The Morgan fingerprint density at radius 3 is 2.48 bits per heavy atom. The number of amides is 1. The van der Waals surface area contributed by atoms with Crippen molar-refractivity contribution in [3.05, 3.63) is 29.8 Å². The molecule has 1 atom stereocenters. The summed E-state index contributed by atoms with van der Waals surface area (Å²) in [7, 11) is -3.31. The molecule has 0 saturated heterocycles. The molecular weight excluding hydrogens is 292 g/mol. The van der Waals surface area contributed by atoms with Crippen LogP contribution in [0, 0.1) is 0 Å². The molecule has 3 N–H and O–H groups in total. The average Bonchev–Trinajstić information content (AvgIpc) is 2.33. The molecule has 6 nitrogen and oxygen atoms in total. The fraction of sp³-hybridized carbons (Fsp3) is 0.500. The molecule has 118 valence electrons. The predicted octanol–water partition coefficient (Wildman–Crippen LogP) is 1.61. The summed E-state index contributed by atoms with van der Waals surface area (Å²) in [6, 6.07) is 5.82. The molecule has 0 spiro atoms. The summed E-state index contributed by atoms with van der Waals surface area (Å²) in [6.07, 6.45) is 0.535. The maximum Gasteiger partial charge on any atom is 0.408 e. The Labute approximate surface area is 125 Å². The zero-order valence-corrected chi connectivity index (χ0v) is 13.5. The van der Waals surface area contributed by atoms with Gasteiger partial charge in [0.25, 0.3) is 0 Å². The third kappa shape index (κ3) is 5.73. The van der Waals surface area contributed by atoms with Crippen LogP contribution >= 0.6 is 0 Å². The van der Waals surface area contributed by atoms with Gasteiger partial charge >= 0.3 is 6.09 Å². The molecule has 0 aliphatic rings. The highest BCUT2D eigenvalue weighted by atomic mass is 32.2. The van der Waals surface area contributed by atoms with E-state index in [2.05, 4.69) is 5.32 Å². The lowest BCUT2D eigenvalue weighted by Crippen LogP contribution is -2.37. The second-order valence-corrected chi connectivity index (χ2v) is 7.79. The van der Waals surface area contributed by atoms with Crippen LogP contribution in [0.4, 0.5) is 4.79 Å². The third-order valence-electron chi connectivity index (χ3n) is 2.62. The number of benzene rings is 1. The first-order chi connectivity index (χ1) is 9.53. The molecule has 0 aliphatic carbocycles. The molecule has 1 rings (SSSR count). The van der Waals surface area contributed by atoms with E-state index < -0.39 is 27.6 Å². The van der Waals surface area contributed by atoms with E-state index in [1.165, 1.54) is 12.1 Å². The summed E-state index contributed by atoms with van der Waals surface area (Å²) in [6.45, 7) is 5.41. The van der Waals surface area contributed by atoms with Gasteiger partial charge in [-0.3, -0.25) is 0 Å². The summed E-state index contributed by atoms with van der Waals surface area (Å²) in [4.78, 5) is 12.0. The zero-order chi connectivity index (χ0) is 16.3. The number of hydrogen-bond donors (Lipinski definition) is 2. The summed E-state index contributed by atoms with van der Waals surface area (Å²) in [5.41, 5.74) is 5.66. The minimum Gasteiger partial charge on any atom is -0.444 e. The quantitative estimate of drug-likeness (QED) is 0.880. The smallest absolute Gasteiger partial charge is 0.408 e. The molecular formula is C14H22N2O4S. The van der Waals surface area contributed by atoms with Gasteiger partial charge in [0.2, 0.25) is 0 Å². The number of carbonyl (C=O) groups is 1. The van der Waals surface area contributed by atoms with E-state index in [-0.39, 0.29) is 11.4 Å². The van der Waals surface area contributed by atoms with E-state index in [0.717, 1.165) is 6.26 Å². The SMILES string of the molecule is CC(C)(C)OC(=O)NC(CN)c1cccc(S(C)(=O)=O)c1. The summed E-state index contributed by atoms with van der Waals surface area (Å²) < 4.78 is 28.3. The topological polar surface area (TPSA) is 98.5 Å². The van der Waals surface area contributed by atoms with Gasteiger partial charge in [0.1, 0.15) is 5.60 Å². The Morgan fingerprint density at radius 2 is 2.00 bits per heavy atom. The third-order valence-corrected chi connectivity index (χ3v) is 3.73. The fourth-order valence-electron chi connectivity index (χ4n) is 1.69. The van der Waals surface area contributed by atoms with Gasteiger partial charge in [0.05, 0.1) is 10.9 Å². The molecule has 21 heavy (non-hydrogen) atoms. The van der Waals surface area contributed by atoms with Gasteiger partial charge in [-0.05, 0) is 38.5 Å². The normalized spacial score (nSPS) is 13.6. The van der Waals surface area contributed by atoms with Gasteiger partial charge in [-0.2, -0.15) is 0 Å². The maximum absolute atomic E-state index is 11.8. The van der Waals surface area contributed by atoms with E-state index in [4.69, 9.17) is 10.5 Å². The number of ether oxygens (including phenoxy) is 1. The highest BCUT2D eigenvalue weighted by Gasteiger charge is 2.20. The monoisotopic (exact) mass is 314 g/mol. The van der Waals surface area contributed by atoms with Gasteiger partial charge in [-0.1, -0.05) is 12.1 Å². The van der Waals surface area contributed by atoms with Crippen molar-refractivity contribution < 1.29 is 17.9 Å². The van der Waals surface area contributed by atoms with Crippen molar-refractivity contribution in [1.29, 1.82) is 0 Å². The Hall–Kier alpha value is -1.60. The number of nitrogens with two attached hydrogens (primary N) is 1. The zero-order valence-electron chi connectivity index (χ0n) is 12.7. The van der Waals surface area contributed by atoms with Gasteiger partial charge in [0.15, 0.2) is 9.84 Å². The first-order valence-corrected chi connectivity index (χ1v) is 8.41. The first-order valence-electron chi connectivity index (χ1n) is 6.52. The molecule has 0 aromatic heterocycles. The van der Waals surface area contributed by atoms with E-state index >= 15 is 0 Å². The van der Waals surface area contributed by atoms with Crippen LogP contribution in [0.2, 0.25) is 0 Å². The van der Waals surface area contributed by atoms with Crippen LogP contribution in [-0.2, 0) is 14.6 Å². The van der Waals surface area contributed by atoms with Gasteiger partial charge < -0.3 is 15.8 Å². The van der Waals surface area contributed by atoms with E-state index in [0.29, 0.717) is 5.56 Å². The largest absolute Gasteiger partial charge is 0.444 e. The minimum atomic E-state index is -3.31. The van der Waals surface area contributed by atoms with Crippen LogP contribution in [0.3, 0.4) is 0 Å². The number of hydrogen-bond acceptors (Lipinski definition) is 5. The Balaban J connectivity index is 2.93. The molecule has 1 aromatic rings. The molecule has 0 saturated carbocycles. The highest BCUT2D eigenvalue weighted by molar-refractivity contribution is 7.90. The molecule has 7 heteroatoms. The molecule has 0 bridgehead atoms.